The molecule has 2 atom stereocenters. The van der Waals surface area contributed by atoms with Crippen LogP contribution in [0, 0.1) is 12.8 Å². The molecule has 0 aliphatic rings. The third-order valence-corrected chi connectivity index (χ3v) is 4.75. The molecule has 2 rings (SSSR count). The molecule has 0 fully saturated rings. The molecule has 1 N–H and O–H groups in total. The summed E-state index contributed by atoms with van der Waals surface area (Å²) in [7, 11) is 2.11. The maximum atomic E-state index is 3.59. The summed E-state index contributed by atoms with van der Waals surface area (Å²) in [6, 6.07) is 13.9. The van der Waals surface area contributed by atoms with Gasteiger partial charge in [-0.1, -0.05) is 69.5 Å². The highest BCUT2D eigenvalue weighted by Crippen LogP contribution is 2.34. The average Bonchev–Trinajstić information content (AvgIpc) is 2.53. The summed E-state index contributed by atoms with van der Waals surface area (Å²) in [5.41, 5.74) is 2.83. The quantitative estimate of drug-likeness (QED) is 0.695. The number of benzene rings is 2. The standard InChI is InChI=1S/C20H29N/c1-5-7-10-16(6-2)20(21-4)19-14-13-15(3)17-11-8-9-12-18(17)19/h8-9,11-14,16,20-21H,5-7,10H2,1-4H3. The first-order valence-electron chi connectivity index (χ1n) is 8.38. The first-order valence-corrected chi connectivity index (χ1v) is 8.38. The van der Waals surface area contributed by atoms with Crippen LogP contribution in [0.5, 0.6) is 0 Å². The summed E-state index contributed by atoms with van der Waals surface area (Å²) < 4.78 is 0. The van der Waals surface area contributed by atoms with Gasteiger partial charge < -0.3 is 5.32 Å². The van der Waals surface area contributed by atoms with Gasteiger partial charge in [0.15, 0.2) is 0 Å². The Morgan fingerprint density at radius 2 is 1.71 bits per heavy atom. The van der Waals surface area contributed by atoms with Crippen molar-refractivity contribution in [3.63, 3.8) is 0 Å². The number of unbranched alkanes of at least 4 members (excludes halogenated alkanes) is 1. The van der Waals surface area contributed by atoms with Gasteiger partial charge in [-0.3, -0.25) is 0 Å². The Morgan fingerprint density at radius 1 is 1.00 bits per heavy atom. The van der Waals surface area contributed by atoms with Crippen molar-refractivity contribution in [1.29, 1.82) is 0 Å². The molecule has 2 unspecified atom stereocenters. The van der Waals surface area contributed by atoms with Gasteiger partial charge in [0.25, 0.3) is 0 Å². The molecule has 0 heterocycles. The maximum absolute atomic E-state index is 3.59. The summed E-state index contributed by atoms with van der Waals surface area (Å²) in [5, 5.41) is 6.39. The number of rotatable bonds is 7. The van der Waals surface area contributed by atoms with Gasteiger partial charge in [0.2, 0.25) is 0 Å². The van der Waals surface area contributed by atoms with E-state index >= 15 is 0 Å². The van der Waals surface area contributed by atoms with E-state index in [9.17, 15) is 0 Å². The lowest BCUT2D eigenvalue weighted by atomic mass is 9.84. The number of aryl methyl sites for hydroxylation is 1. The van der Waals surface area contributed by atoms with Gasteiger partial charge in [-0.05, 0) is 48.2 Å². The second kappa shape index (κ2) is 7.61. The summed E-state index contributed by atoms with van der Waals surface area (Å²) in [5.74, 6) is 0.709. The highest BCUT2D eigenvalue weighted by Gasteiger charge is 2.21. The third kappa shape index (κ3) is 3.47. The lowest BCUT2D eigenvalue weighted by Gasteiger charge is -2.28. The molecule has 0 amide bonds. The van der Waals surface area contributed by atoms with Crippen LogP contribution < -0.4 is 5.32 Å². The predicted octanol–water partition coefficient (Wildman–Crippen LogP) is 5.63. The van der Waals surface area contributed by atoms with Crippen LogP contribution in [-0.2, 0) is 0 Å². The predicted molar refractivity (Wildman–Crippen MR) is 93.8 cm³/mol. The molecular formula is C20H29N. The minimum absolute atomic E-state index is 0.451. The smallest absolute Gasteiger partial charge is 0.0352 e. The topological polar surface area (TPSA) is 12.0 Å². The second-order valence-corrected chi connectivity index (χ2v) is 6.09. The van der Waals surface area contributed by atoms with Crippen molar-refractivity contribution < 1.29 is 0 Å². The lowest BCUT2D eigenvalue weighted by Crippen LogP contribution is -2.25. The number of hydrogen-bond donors (Lipinski definition) is 1. The van der Waals surface area contributed by atoms with E-state index in [0.717, 1.165) is 0 Å². The first kappa shape index (κ1) is 16.0. The fourth-order valence-electron chi connectivity index (χ4n) is 3.46. The zero-order valence-electron chi connectivity index (χ0n) is 13.9. The largest absolute Gasteiger partial charge is 0.313 e. The van der Waals surface area contributed by atoms with E-state index < -0.39 is 0 Å². The van der Waals surface area contributed by atoms with Crippen LogP contribution >= 0.6 is 0 Å². The van der Waals surface area contributed by atoms with Gasteiger partial charge >= 0.3 is 0 Å². The molecule has 0 spiro atoms. The minimum atomic E-state index is 0.451. The van der Waals surface area contributed by atoms with E-state index in [1.165, 1.54) is 47.6 Å². The Bertz CT molecular complexity index is 573. The van der Waals surface area contributed by atoms with Gasteiger partial charge in [0.1, 0.15) is 0 Å². The zero-order valence-corrected chi connectivity index (χ0v) is 13.9. The first-order chi connectivity index (χ1) is 10.2. The van der Waals surface area contributed by atoms with Crippen LogP contribution in [0.3, 0.4) is 0 Å². The van der Waals surface area contributed by atoms with Gasteiger partial charge in [0, 0.05) is 6.04 Å². The van der Waals surface area contributed by atoms with Crippen molar-refractivity contribution >= 4 is 10.8 Å². The summed E-state index contributed by atoms with van der Waals surface area (Å²) >= 11 is 0. The summed E-state index contributed by atoms with van der Waals surface area (Å²) in [6.45, 7) is 6.80. The van der Waals surface area contributed by atoms with E-state index in [0.29, 0.717) is 12.0 Å². The van der Waals surface area contributed by atoms with E-state index in [1.807, 2.05) is 0 Å². The van der Waals surface area contributed by atoms with Crippen LogP contribution in [-0.4, -0.2) is 7.05 Å². The van der Waals surface area contributed by atoms with Crippen molar-refractivity contribution in [1.82, 2.24) is 5.32 Å². The molecule has 0 saturated heterocycles. The number of nitrogens with one attached hydrogen (secondary N) is 1. The van der Waals surface area contributed by atoms with E-state index in [2.05, 4.69) is 69.5 Å². The molecule has 0 saturated carbocycles. The molecule has 2 aromatic rings. The minimum Gasteiger partial charge on any atom is -0.313 e. The molecular weight excluding hydrogens is 254 g/mol. The Morgan fingerprint density at radius 3 is 2.33 bits per heavy atom. The van der Waals surface area contributed by atoms with E-state index in [4.69, 9.17) is 0 Å². The molecule has 2 aromatic carbocycles. The van der Waals surface area contributed by atoms with Crippen molar-refractivity contribution in [2.75, 3.05) is 7.05 Å². The molecule has 0 radical (unpaired) electrons. The van der Waals surface area contributed by atoms with Crippen LogP contribution in [0.25, 0.3) is 10.8 Å². The SMILES string of the molecule is CCCCC(CC)C(NC)c1ccc(C)c2ccccc12. The Kier molecular flexibility index (Phi) is 5.81. The molecule has 0 aliphatic carbocycles. The molecule has 1 nitrogen and oxygen atoms in total. The normalized spacial score (nSPS) is 14.3. The summed E-state index contributed by atoms with van der Waals surface area (Å²) in [6.07, 6.45) is 5.14. The highest BCUT2D eigenvalue weighted by molar-refractivity contribution is 5.88. The Balaban J connectivity index is 2.44. The summed E-state index contributed by atoms with van der Waals surface area (Å²) in [4.78, 5) is 0. The van der Waals surface area contributed by atoms with Crippen molar-refractivity contribution in [3.8, 4) is 0 Å². The van der Waals surface area contributed by atoms with Crippen molar-refractivity contribution in [2.45, 2.75) is 52.5 Å². The van der Waals surface area contributed by atoms with Crippen LogP contribution in [0.2, 0.25) is 0 Å². The Labute approximate surface area is 129 Å². The van der Waals surface area contributed by atoms with Gasteiger partial charge in [-0.15, -0.1) is 0 Å². The molecule has 21 heavy (non-hydrogen) atoms. The van der Waals surface area contributed by atoms with E-state index in [-0.39, 0.29) is 0 Å². The van der Waals surface area contributed by atoms with Gasteiger partial charge in [-0.2, -0.15) is 0 Å². The molecule has 1 heteroatoms. The number of hydrogen-bond acceptors (Lipinski definition) is 1. The van der Waals surface area contributed by atoms with Crippen LogP contribution in [0.15, 0.2) is 36.4 Å². The van der Waals surface area contributed by atoms with Crippen molar-refractivity contribution in [3.05, 3.63) is 47.5 Å². The lowest BCUT2D eigenvalue weighted by molar-refractivity contribution is 0.340. The monoisotopic (exact) mass is 283 g/mol. The second-order valence-electron chi connectivity index (χ2n) is 6.09. The van der Waals surface area contributed by atoms with Crippen LogP contribution in [0.1, 0.15) is 56.7 Å². The van der Waals surface area contributed by atoms with E-state index in [1.54, 1.807) is 0 Å². The third-order valence-electron chi connectivity index (χ3n) is 4.75. The molecule has 0 bridgehead atoms. The Hall–Kier alpha value is -1.34. The molecule has 114 valence electrons. The fraction of sp³-hybridized carbons (Fsp3) is 0.500. The zero-order chi connectivity index (χ0) is 15.2. The average molecular weight is 283 g/mol. The van der Waals surface area contributed by atoms with Crippen molar-refractivity contribution in [2.24, 2.45) is 5.92 Å². The highest BCUT2D eigenvalue weighted by atomic mass is 14.9. The van der Waals surface area contributed by atoms with Gasteiger partial charge in [-0.25, -0.2) is 0 Å². The fourth-order valence-corrected chi connectivity index (χ4v) is 3.46. The molecule has 0 aromatic heterocycles. The maximum Gasteiger partial charge on any atom is 0.0352 e. The van der Waals surface area contributed by atoms with Gasteiger partial charge in [0.05, 0.1) is 0 Å². The number of fused-ring (bicyclic) bond motifs is 1. The van der Waals surface area contributed by atoms with Crippen LogP contribution in [0.4, 0.5) is 0 Å². The molecule has 0 aliphatic heterocycles.